The summed E-state index contributed by atoms with van der Waals surface area (Å²) in [6.45, 7) is 6.97. The minimum atomic E-state index is 0.237. The van der Waals surface area contributed by atoms with Crippen LogP contribution in [0, 0.1) is 0 Å². The first-order chi connectivity index (χ1) is 8.17. The Balaban J connectivity index is 2.29. The van der Waals surface area contributed by atoms with E-state index in [0.717, 1.165) is 25.6 Å². The molecule has 0 bridgehead atoms. The van der Waals surface area contributed by atoms with Crippen LogP contribution in [0.3, 0.4) is 0 Å². The van der Waals surface area contributed by atoms with Gasteiger partial charge in [-0.25, -0.2) is 0 Å². The van der Waals surface area contributed by atoms with Crippen molar-refractivity contribution in [2.24, 2.45) is 5.73 Å². The van der Waals surface area contributed by atoms with Crippen LogP contribution in [0.4, 0.5) is 0 Å². The second-order valence-electron chi connectivity index (χ2n) is 5.20. The van der Waals surface area contributed by atoms with E-state index in [1.165, 1.54) is 25.9 Å². The van der Waals surface area contributed by atoms with Crippen LogP contribution in [0.2, 0.25) is 0 Å². The van der Waals surface area contributed by atoms with Crippen molar-refractivity contribution in [2.75, 3.05) is 46.9 Å². The van der Waals surface area contributed by atoms with Crippen LogP contribution in [0.5, 0.6) is 0 Å². The molecule has 0 saturated carbocycles. The maximum Gasteiger partial charge on any atom is 0.0709 e. The summed E-state index contributed by atoms with van der Waals surface area (Å²) in [5.41, 5.74) is 5.71. The van der Waals surface area contributed by atoms with Crippen molar-refractivity contribution in [2.45, 2.75) is 38.3 Å². The lowest BCUT2D eigenvalue weighted by molar-refractivity contribution is 0.0521. The van der Waals surface area contributed by atoms with Crippen molar-refractivity contribution in [3.8, 4) is 0 Å². The van der Waals surface area contributed by atoms with Gasteiger partial charge in [0.05, 0.1) is 6.10 Å². The summed E-state index contributed by atoms with van der Waals surface area (Å²) < 4.78 is 5.61. The summed E-state index contributed by atoms with van der Waals surface area (Å²) in [6.07, 6.45) is 3.97. The van der Waals surface area contributed by atoms with Gasteiger partial charge in [0, 0.05) is 32.3 Å². The van der Waals surface area contributed by atoms with Gasteiger partial charge >= 0.3 is 0 Å². The van der Waals surface area contributed by atoms with Crippen LogP contribution in [-0.2, 0) is 4.74 Å². The third-order valence-corrected chi connectivity index (χ3v) is 3.48. The standard InChI is InChI=1S/C13H29N3O/c1-4-17-13(10-14)7-9-16-8-5-6-12(16)11-15(2)3/h12-13H,4-11,14H2,1-3H3. The Bertz CT molecular complexity index is 199. The zero-order chi connectivity index (χ0) is 12.7. The van der Waals surface area contributed by atoms with E-state index in [2.05, 4.69) is 23.9 Å². The molecule has 1 heterocycles. The van der Waals surface area contributed by atoms with Gasteiger partial charge in [0.25, 0.3) is 0 Å². The molecule has 1 fully saturated rings. The number of likely N-dealkylation sites (tertiary alicyclic amines) is 1. The van der Waals surface area contributed by atoms with Gasteiger partial charge in [-0.2, -0.15) is 0 Å². The topological polar surface area (TPSA) is 41.7 Å². The van der Waals surface area contributed by atoms with Crippen molar-refractivity contribution in [3.63, 3.8) is 0 Å². The van der Waals surface area contributed by atoms with Crippen LogP contribution in [0.1, 0.15) is 26.2 Å². The zero-order valence-corrected chi connectivity index (χ0v) is 11.7. The first kappa shape index (κ1) is 14.9. The van der Waals surface area contributed by atoms with E-state index in [9.17, 15) is 0 Å². The largest absolute Gasteiger partial charge is 0.377 e. The van der Waals surface area contributed by atoms with E-state index in [1.54, 1.807) is 0 Å². The van der Waals surface area contributed by atoms with Crippen LogP contribution in [0.15, 0.2) is 0 Å². The molecule has 2 N–H and O–H groups in total. The fraction of sp³-hybridized carbons (Fsp3) is 1.00. The molecule has 0 aromatic heterocycles. The number of ether oxygens (including phenoxy) is 1. The number of hydrogen-bond acceptors (Lipinski definition) is 4. The normalized spacial score (nSPS) is 23.5. The molecule has 0 radical (unpaired) electrons. The quantitative estimate of drug-likeness (QED) is 0.683. The molecule has 0 aromatic carbocycles. The molecule has 0 aliphatic carbocycles. The Kier molecular flexibility index (Phi) is 7.04. The minimum Gasteiger partial charge on any atom is -0.377 e. The van der Waals surface area contributed by atoms with Gasteiger partial charge in [-0.1, -0.05) is 0 Å². The third kappa shape index (κ3) is 5.34. The van der Waals surface area contributed by atoms with Crippen LogP contribution < -0.4 is 5.73 Å². The van der Waals surface area contributed by atoms with Gasteiger partial charge in [0.15, 0.2) is 0 Å². The first-order valence-electron chi connectivity index (χ1n) is 6.87. The fourth-order valence-electron chi connectivity index (χ4n) is 2.63. The van der Waals surface area contributed by atoms with Gasteiger partial charge in [0.2, 0.25) is 0 Å². The Morgan fingerprint density at radius 1 is 1.47 bits per heavy atom. The van der Waals surface area contributed by atoms with Crippen molar-refractivity contribution >= 4 is 0 Å². The Morgan fingerprint density at radius 2 is 2.24 bits per heavy atom. The highest BCUT2D eigenvalue weighted by molar-refractivity contribution is 4.81. The van der Waals surface area contributed by atoms with Gasteiger partial charge in [0.1, 0.15) is 0 Å². The minimum absolute atomic E-state index is 0.237. The number of hydrogen-bond donors (Lipinski definition) is 1. The predicted octanol–water partition coefficient (Wildman–Crippen LogP) is 0.766. The zero-order valence-electron chi connectivity index (χ0n) is 11.7. The van der Waals surface area contributed by atoms with Crippen molar-refractivity contribution in [1.82, 2.24) is 9.80 Å². The molecule has 1 aliphatic rings. The molecule has 102 valence electrons. The van der Waals surface area contributed by atoms with Crippen LogP contribution in [0.25, 0.3) is 0 Å². The molecule has 2 unspecified atom stereocenters. The predicted molar refractivity (Wildman–Crippen MR) is 72.2 cm³/mol. The lowest BCUT2D eigenvalue weighted by atomic mass is 10.2. The molecule has 4 nitrogen and oxygen atoms in total. The Hall–Kier alpha value is -0.160. The summed E-state index contributed by atoms with van der Waals surface area (Å²) in [6, 6.07) is 0.727. The molecule has 1 aliphatic heterocycles. The summed E-state index contributed by atoms with van der Waals surface area (Å²) in [7, 11) is 4.30. The molecule has 4 heteroatoms. The van der Waals surface area contributed by atoms with Gasteiger partial charge < -0.3 is 15.4 Å². The molecule has 0 amide bonds. The van der Waals surface area contributed by atoms with E-state index in [-0.39, 0.29) is 6.10 Å². The molecular weight excluding hydrogens is 214 g/mol. The van der Waals surface area contributed by atoms with Crippen LogP contribution >= 0.6 is 0 Å². The summed E-state index contributed by atoms with van der Waals surface area (Å²) >= 11 is 0. The molecular formula is C13H29N3O. The van der Waals surface area contributed by atoms with E-state index in [0.29, 0.717) is 6.54 Å². The van der Waals surface area contributed by atoms with Gasteiger partial charge in [-0.3, -0.25) is 4.90 Å². The second-order valence-corrected chi connectivity index (χ2v) is 5.20. The number of nitrogens with two attached hydrogens (primary N) is 1. The van der Waals surface area contributed by atoms with E-state index < -0.39 is 0 Å². The highest BCUT2D eigenvalue weighted by Crippen LogP contribution is 2.18. The average Bonchev–Trinajstić information content (AvgIpc) is 2.71. The maximum atomic E-state index is 5.71. The number of nitrogens with zero attached hydrogens (tertiary/aromatic N) is 2. The smallest absolute Gasteiger partial charge is 0.0709 e. The lowest BCUT2D eigenvalue weighted by Crippen LogP contribution is -2.39. The van der Waals surface area contributed by atoms with Crippen molar-refractivity contribution < 1.29 is 4.74 Å². The average molecular weight is 243 g/mol. The first-order valence-corrected chi connectivity index (χ1v) is 6.87. The van der Waals surface area contributed by atoms with E-state index >= 15 is 0 Å². The fourth-order valence-corrected chi connectivity index (χ4v) is 2.63. The lowest BCUT2D eigenvalue weighted by Gasteiger charge is -2.28. The summed E-state index contributed by atoms with van der Waals surface area (Å²) in [5.74, 6) is 0. The molecule has 0 spiro atoms. The number of likely N-dealkylation sites (N-methyl/N-ethyl adjacent to an activating group) is 1. The molecule has 1 rings (SSSR count). The highest BCUT2D eigenvalue weighted by Gasteiger charge is 2.25. The summed E-state index contributed by atoms with van der Waals surface area (Å²) in [5, 5.41) is 0. The SMILES string of the molecule is CCOC(CN)CCN1CCCC1CN(C)C. The van der Waals surface area contributed by atoms with Crippen molar-refractivity contribution in [1.29, 1.82) is 0 Å². The maximum absolute atomic E-state index is 5.71. The molecule has 0 aromatic rings. The Morgan fingerprint density at radius 3 is 2.82 bits per heavy atom. The Labute approximate surface area is 106 Å². The van der Waals surface area contributed by atoms with E-state index in [4.69, 9.17) is 10.5 Å². The summed E-state index contributed by atoms with van der Waals surface area (Å²) in [4.78, 5) is 4.88. The van der Waals surface area contributed by atoms with Crippen LogP contribution in [-0.4, -0.2) is 68.8 Å². The van der Waals surface area contributed by atoms with E-state index in [1.807, 2.05) is 6.92 Å². The van der Waals surface area contributed by atoms with Crippen molar-refractivity contribution in [3.05, 3.63) is 0 Å². The van der Waals surface area contributed by atoms with Gasteiger partial charge in [-0.15, -0.1) is 0 Å². The number of rotatable bonds is 8. The molecule has 17 heavy (non-hydrogen) atoms. The third-order valence-electron chi connectivity index (χ3n) is 3.48. The monoisotopic (exact) mass is 243 g/mol. The van der Waals surface area contributed by atoms with Gasteiger partial charge in [-0.05, 0) is 46.8 Å². The highest BCUT2D eigenvalue weighted by atomic mass is 16.5. The molecule has 1 saturated heterocycles. The second kappa shape index (κ2) is 8.03. The molecule has 2 atom stereocenters.